The van der Waals surface area contributed by atoms with Crippen LogP contribution in [-0.4, -0.2) is 12.5 Å². The third-order valence-corrected chi connectivity index (χ3v) is 3.00. The quantitative estimate of drug-likeness (QED) is 0.393. The fourth-order valence-electron chi connectivity index (χ4n) is 1.88. The van der Waals surface area contributed by atoms with Gasteiger partial charge in [-0.1, -0.05) is 65.2 Å². The molecule has 0 aliphatic rings. The molecule has 0 saturated heterocycles. The first-order chi connectivity index (χ1) is 8.81. The molecule has 0 rings (SSSR count). The first kappa shape index (κ1) is 17.4. The number of unbranched alkanes of at least 4 members (excludes halogenated alkanes) is 8. The molecule has 3 nitrogen and oxygen atoms in total. The van der Waals surface area contributed by atoms with Gasteiger partial charge in [0.05, 0.1) is 6.61 Å². The van der Waals surface area contributed by atoms with Gasteiger partial charge in [0, 0.05) is 6.42 Å². The highest BCUT2D eigenvalue weighted by molar-refractivity contribution is 5.74. The number of carbonyl (C=O) groups excluding carboxylic acids is 1. The topological polar surface area (TPSA) is 38.3 Å². The van der Waals surface area contributed by atoms with Gasteiger partial charge in [0.2, 0.25) is 5.91 Å². The van der Waals surface area contributed by atoms with Gasteiger partial charge in [-0.3, -0.25) is 9.63 Å². The van der Waals surface area contributed by atoms with Crippen LogP contribution in [0, 0.1) is 0 Å². The van der Waals surface area contributed by atoms with Crippen LogP contribution in [0.2, 0.25) is 0 Å². The number of carbonyl (C=O) groups is 1. The van der Waals surface area contributed by atoms with Crippen molar-refractivity contribution >= 4 is 5.91 Å². The summed E-state index contributed by atoms with van der Waals surface area (Å²) in [6.45, 7) is 4.87. The smallest absolute Gasteiger partial charge is 0.243 e. The van der Waals surface area contributed by atoms with Crippen LogP contribution < -0.4 is 5.48 Å². The molecule has 1 N–H and O–H groups in total. The molecule has 0 aliphatic heterocycles. The van der Waals surface area contributed by atoms with Crippen LogP contribution in [0.5, 0.6) is 0 Å². The Morgan fingerprint density at radius 3 is 1.94 bits per heavy atom. The van der Waals surface area contributed by atoms with E-state index in [9.17, 15) is 4.79 Å². The lowest BCUT2D eigenvalue weighted by atomic mass is 10.1. The van der Waals surface area contributed by atoms with Gasteiger partial charge in [-0.25, -0.2) is 5.48 Å². The van der Waals surface area contributed by atoms with Crippen molar-refractivity contribution in [2.24, 2.45) is 0 Å². The maximum Gasteiger partial charge on any atom is 0.243 e. The van der Waals surface area contributed by atoms with Gasteiger partial charge in [0.25, 0.3) is 0 Å². The van der Waals surface area contributed by atoms with E-state index in [1.54, 1.807) is 0 Å². The number of hydroxylamine groups is 1. The predicted octanol–water partition coefficient (Wildman–Crippen LogP) is 4.37. The van der Waals surface area contributed by atoms with E-state index in [2.05, 4.69) is 12.4 Å². The van der Waals surface area contributed by atoms with E-state index >= 15 is 0 Å². The molecule has 0 aromatic carbocycles. The van der Waals surface area contributed by atoms with E-state index in [0.29, 0.717) is 13.0 Å². The molecule has 18 heavy (non-hydrogen) atoms. The van der Waals surface area contributed by atoms with Crippen molar-refractivity contribution in [2.45, 2.75) is 84.5 Å². The SMILES string of the molecule is CCCCCCCCCCCC(=O)NOCCC. The van der Waals surface area contributed by atoms with Crippen LogP contribution in [-0.2, 0) is 9.63 Å². The largest absolute Gasteiger partial charge is 0.274 e. The van der Waals surface area contributed by atoms with E-state index in [1.807, 2.05) is 6.92 Å². The zero-order valence-corrected chi connectivity index (χ0v) is 12.3. The fraction of sp³-hybridized carbons (Fsp3) is 0.933. The molecular formula is C15H31NO2. The standard InChI is InChI=1S/C15H31NO2/c1-3-5-6-7-8-9-10-11-12-13-15(17)16-18-14-4-2/h3-14H2,1-2H3,(H,16,17). The van der Waals surface area contributed by atoms with Gasteiger partial charge < -0.3 is 0 Å². The highest BCUT2D eigenvalue weighted by Gasteiger charge is 2.00. The Bertz CT molecular complexity index is 183. The van der Waals surface area contributed by atoms with Crippen molar-refractivity contribution in [3.05, 3.63) is 0 Å². The van der Waals surface area contributed by atoms with E-state index < -0.39 is 0 Å². The number of amides is 1. The second kappa shape index (κ2) is 14.5. The van der Waals surface area contributed by atoms with E-state index in [-0.39, 0.29) is 5.91 Å². The third-order valence-electron chi connectivity index (χ3n) is 3.00. The molecular weight excluding hydrogens is 226 g/mol. The van der Waals surface area contributed by atoms with Crippen LogP contribution in [0.1, 0.15) is 84.5 Å². The molecule has 0 atom stereocenters. The summed E-state index contributed by atoms with van der Waals surface area (Å²) in [6.07, 6.45) is 13.0. The lowest BCUT2D eigenvalue weighted by Crippen LogP contribution is -2.23. The summed E-state index contributed by atoms with van der Waals surface area (Å²) in [5.74, 6) is 0.0198. The van der Waals surface area contributed by atoms with Gasteiger partial charge in [0.15, 0.2) is 0 Å². The minimum atomic E-state index is 0.0198. The van der Waals surface area contributed by atoms with E-state index in [4.69, 9.17) is 4.84 Å². The Hall–Kier alpha value is -0.570. The van der Waals surface area contributed by atoms with Crippen molar-refractivity contribution in [3.8, 4) is 0 Å². The second-order valence-corrected chi connectivity index (χ2v) is 4.95. The average molecular weight is 257 g/mol. The zero-order chi connectivity index (χ0) is 13.5. The summed E-state index contributed by atoms with van der Waals surface area (Å²) in [7, 11) is 0. The second-order valence-electron chi connectivity index (χ2n) is 4.95. The summed E-state index contributed by atoms with van der Waals surface area (Å²) < 4.78 is 0. The van der Waals surface area contributed by atoms with Crippen molar-refractivity contribution in [3.63, 3.8) is 0 Å². The molecule has 0 aromatic heterocycles. The summed E-state index contributed by atoms with van der Waals surface area (Å²) in [5, 5.41) is 0. The summed E-state index contributed by atoms with van der Waals surface area (Å²) in [4.78, 5) is 16.3. The van der Waals surface area contributed by atoms with Gasteiger partial charge in [-0.2, -0.15) is 0 Å². The predicted molar refractivity (Wildman–Crippen MR) is 76.2 cm³/mol. The molecule has 0 aliphatic carbocycles. The summed E-state index contributed by atoms with van der Waals surface area (Å²) in [5.41, 5.74) is 2.47. The summed E-state index contributed by atoms with van der Waals surface area (Å²) in [6, 6.07) is 0. The van der Waals surface area contributed by atoms with Crippen LogP contribution >= 0.6 is 0 Å². The highest BCUT2D eigenvalue weighted by Crippen LogP contribution is 2.10. The number of nitrogens with one attached hydrogen (secondary N) is 1. The molecule has 0 fully saturated rings. The van der Waals surface area contributed by atoms with Crippen molar-refractivity contribution in [1.82, 2.24) is 5.48 Å². The first-order valence-corrected chi connectivity index (χ1v) is 7.71. The molecule has 0 unspecified atom stereocenters. The molecule has 0 bridgehead atoms. The van der Waals surface area contributed by atoms with Crippen LogP contribution in [0.25, 0.3) is 0 Å². The minimum Gasteiger partial charge on any atom is -0.274 e. The fourth-order valence-corrected chi connectivity index (χ4v) is 1.88. The molecule has 0 saturated carbocycles. The molecule has 3 heteroatoms. The van der Waals surface area contributed by atoms with Crippen molar-refractivity contribution in [1.29, 1.82) is 0 Å². The molecule has 0 aromatic rings. The minimum absolute atomic E-state index is 0.0198. The lowest BCUT2D eigenvalue weighted by molar-refractivity contribution is -0.133. The molecule has 1 amide bonds. The molecule has 0 radical (unpaired) electrons. The van der Waals surface area contributed by atoms with Crippen LogP contribution in [0.15, 0.2) is 0 Å². The van der Waals surface area contributed by atoms with Crippen LogP contribution in [0.4, 0.5) is 0 Å². The van der Waals surface area contributed by atoms with Gasteiger partial charge >= 0.3 is 0 Å². The monoisotopic (exact) mass is 257 g/mol. The number of hydrogen-bond acceptors (Lipinski definition) is 2. The van der Waals surface area contributed by atoms with E-state index in [0.717, 1.165) is 19.3 Å². The Balaban J connectivity index is 3.08. The maximum atomic E-state index is 11.3. The van der Waals surface area contributed by atoms with E-state index in [1.165, 1.54) is 44.9 Å². The number of rotatable bonds is 13. The Kier molecular flexibility index (Phi) is 14.0. The van der Waals surface area contributed by atoms with Crippen LogP contribution in [0.3, 0.4) is 0 Å². The average Bonchev–Trinajstić information content (AvgIpc) is 2.37. The Morgan fingerprint density at radius 1 is 0.833 bits per heavy atom. The normalized spacial score (nSPS) is 10.6. The third kappa shape index (κ3) is 13.5. The Morgan fingerprint density at radius 2 is 1.39 bits per heavy atom. The first-order valence-electron chi connectivity index (χ1n) is 7.71. The Labute approximate surface area is 113 Å². The lowest BCUT2D eigenvalue weighted by Gasteiger charge is -2.04. The molecule has 108 valence electrons. The van der Waals surface area contributed by atoms with Gasteiger partial charge in [0.1, 0.15) is 0 Å². The highest BCUT2D eigenvalue weighted by atomic mass is 16.6. The van der Waals surface area contributed by atoms with Crippen molar-refractivity contribution < 1.29 is 9.63 Å². The summed E-state index contributed by atoms with van der Waals surface area (Å²) >= 11 is 0. The van der Waals surface area contributed by atoms with Gasteiger partial charge in [-0.05, 0) is 12.8 Å². The zero-order valence-electron chi connectivity index (χ0n) is 12.3. The van der Waals surface area contributed by atoms with Gasteiger partial charge in [-0.15, -0.1) is 0 Å². The molecule has 0 heterocycles. The molecule has 0 spiro atoms. The van der Waals surface area contributed by atoms with Crippen molar-refractivity contribution in [2.75, 3.05) is 6.61 Å². The number of hydrogen-bond donors (Lipinski definition) is 1. The maximum absolute atomic E-state index is 11.3.